The van der Waals surface area contributed by atoms with Crippen LogP contribution < -0.4 is 0 Å². The summed E-state index contributed by atoms with van der Waals surface area (Å²) in [6.45, 7) is 11.5. The van der Waals surface area contributed by atoms with Crippen molar-refractivity contribution in [2.75, 3.05) is 72.7 Å². The second-order valence-electron chi connectivity index (χ2n) is 8.12. The van der Waals surface area contributed by atoms with Crippen LogP contribution in [0.15, 0.2) is 30.3 Å². The van der Waals surface area contributed by atoms with Gasteiger partial charge in [0, 0.05) is 52.4 Å². The lowest BCUT2D eigenvalue weighted by atomic mass is 9.95. The third-order valence-electron chi connectivity index (χ3n) is 6.28. The Bertz CT molecular complexity index is 597. The van der Waals surface area contributed by atoms with Gasteiger partial charge in [-0.05, 0) is 38.4 Å². The predicted molar refractivity (Wildman–Crippen MR) is 115 cm³/mol. The van der Waals surface area contributed by atoms with E-state index in [0.29, 0.717) is 12.6 Å². The second-order valence-corrected chi connectivity index (χ2v) is 8.12. The van der Waals surface area contributed by atoms with Crippen molar-refractivity contribution in [2.24, 2.45) is 5.92 Å². The summed E-state index contributed by atoms with van der Waals surface area (Å²) < 4.78 is 10.5. The number of hydrogen-bond acceptors (Lipinski definition) is 6. The zero-order valence-corrected chi connectivity index (χ0v) is 18.1. The maximum atomic E-state index is 12.0. The number of ether oxygens (including phenoxy) is 2. The molecule has 1 aromatic rings. The van der Waals surface area contributed by atoms with Crippen LogP contribution in [0.2, 0.25) is 0 Å². The van der Waals surface area contributed by atoms with Gasteiger partial charge in [0.05, 0.1) is 19.1 Å². The molecule has 2 heterocycles. The molecule has 1 atom stereocenters. The number of hydrogen-bond donors (Lipinski definition) is 0. The van der Waals surface area contributed by atoms with Gasteiger partial charge in [-0.1, -0.05) is 30.3 Å². The van der Waals surface area contributed by atoms with Crippen LogP contribution in [-0.2, 0) is 14.3 Å². The van der Waals surface area contributed by atoms with Crippen molar-refractivity contribution in [2.45, 2.75) is 25.8 Å². The van der Waals surface area contributed by atoms with Gasteiger partial charge in [0.1, 0.15) is 0 Å². The Hall–Kier alpha value is -1.47. The van der Waals surface area contributed by atoms with Gasteiger partial charge in [-0.25, -0.2) is 0 Å². The number of methoxy groups -OCH3 is 1. The van der Waals surface area contributed by atoms with Gasteiger partial charge in [-0.3, -0.25) is 14.6 Å². The van der Waals surface area contributed by atoms with Crippen LogP contribution in [0.5, 0.6) is 0 Å². The monoisotopic (exact) mass is 403 g/mol. The molecule has 2 aliphatic heterocycles. The molecule has 162 valence electrons. The summed E-state index contributed by atoms with van der Waals surface area (Å²) >= 11 is 0. The van der Waals surface area contributed by atoms with E-state index in [1.165, 1.54) is 5.56 Å². The Morgan fingerprint density at radius 2 is 1.72 bits per heavy atom. The Kier molecular flexibility index (Phi) is 8.92. The van der Waals surface area contributed by atoms with Crippen LogP contribution >= 0.6 is 0 Å². The van der Waals surface area contributed by atoms with E-state index in [4.69, 9.17) is 9.47 Å². The number of likely N-dealkylation sites (tertiary alicyclic amines) is 1. The molecule has 1 aromatic carbocycles. The summed E-state index contributed by atoms with van der Waals surface area (Å²) in [5.74, 6) is 0.0599. The third kappa shape index (κ3) is 6.51. The van der Waals surface area contributed by atoms with Gasteiger partial charge < -0.3 is 14.4 Å². The highest BCUT2D eigenvalue weighted by atomic mass is 16.5. The number of carbonyl (C=O) groups is 1. The summed E-state index contributed by atoms with van der Waals surface area (Å²) in [5.41, 5.74) is 1.39. The van der Waals surface area contributed by atoms with Crippen molar-refractivity contribution in [3.05, 3.63) is 35.9 Å². The van der Waals surface area contributed by atoms with Gasteiger partial charge in [-0.15, -0.1) is 0 Å². The first-order chi connectivity index (χ1) is 14.2. The normalized spacial score (nSPS) is 21.2. The third-order valence-corrected chi connectivity index (χ3v) is 6.28. The summed E-state index contributed by atoms with van der Waals surface area (Å²) in [5, 5.41) is 0. The molecule has 0 bridgehead atoms. The van der Waals surface area contributed by atoms with Crippen molar-refractivity contribution in [1.29, 1.82) is 0 Å². The van der Waals surface area contributed by atoms with Crippen molar-refractivity contribution in [3.63, 3.8) is 0 Å². The van der Waals surface area contributed by atoms with E-state index in [1.807, 2.05) is 6.92 Å². The fraction of sp³-hybridized carbons (Fsp3) is 0.696. The molecule has 3 rings (SSSR count). The molecule has 0 N–H and O–H groups in total. The molecule has 0 radical (unpaired) electrons. The smallest absolute Gasteiger partial charge is 0.309 e. The maximum absolute atomic E-state index is 12.0. The zero-order chi connectivity index (χ0) is 20.5. The van der Waals surface area contributed by atoms with Crippen molar-refractivity contribution in [3.8, 4) is 0 Å². The number of piperazine rings is 1. The maximum Gasteiger partial charge on any atom is 0.309 e. The molecule has 0 spiro atoms. The van der Waals surface area contributed by atoms with Gasteiger partial charge in [0.15, 0.2) is 0 Å². The first-order valence-corrected chi connectivity index (χ1v) is 11.1. The zero-order valence-electron chi connectivity index (χ0n) is 18.1. The van der Waals surface area contributed by atoms with Crippen LogP contribution in [0, 0.1) is 5.92 Å². The Balaban J connectivity index is 1.57. The fourth-order valence-electron chi connectivity index (χ4n) is 4.48. The molecule has 0 aromatic heterocycles. The molecule has 6 nitrogen and oxygen atoms in total. The van der Waals surface area contributed by atoms with Gasteiger partial charge in [-0.2, -0.15) is 0 Å². The molecule has 2 saturated heterocycles. The topological polar surface area (TPSA) is 45.2 Å². The number of carbonyl (C=O) groups excluding carboxylic acids is 1. The minimum atomic E-state index is -0.0149. The summed E-state index contributed by atoms with van der Waals surface area (Å²) in [7, 11) is 1.77. The van der Waals surface area contributed by atoms with E-state index in [2.05, 4.69) is 45.0 Å². The highest BCUT2D eigenvalue weighted by molar-refractivity contribution is 5.72. The minimum absolute atomic E-state index is 0.0149. The first-order valence-electron chi connectivity index (χ1n) is 11.1. The number of rotatable bonds is 9. The van der Waals surface area contributed by atoms with E-state index >= 15 is 0 Å². The van der Waals surface area contributed by atoms with Crippen molar-refractivity contribution < 1.29 is 14.3 Å². The lowest BCUT2D eigenvalue weighted by Gasteiger charge is -2.42. The molecule has 1 unspecified atom stereocenters. The number of esters is 1. The quantitative estimate of drug-likeness (QED) is 0.590. The molecular formula is C23H37N3O3. The lowest BCUT2D eigenvalue weighted by Crippen LogP contribution is -2.51. The summed E-state index contributed by atoms with van der Waals surface area (Å²) in [6, 6.07) is 11.3. The molecule has 2 fully saturated rings. The minimum Gasteiger partial charge on any atom is -0.466 e. The average Bonchev–Trinajstić information content (AvgIpc) is 2.78. The molecule has 0 saturated carbocycles. The molecule has 0 aliphatic carbocycles. The molecule has 6 heteroatoms. The highest BCUT2D eigenvalue weighted by Gasteiger charge is 2.30. The fourth-order valence-corrected chi connectivity index (χ4v) is 4.48. The lowest BCUT2D eigenvalue weighted by molar-refractivity contribution is -0.149. The Labute approximate surface area is 175 Å². The predicted octanol–water partition coefficient (Wildman–Crippen LogP) is 2.27. The van der Waals surface area contributed by atoms with Gasteiger partial charge in [0.2, 0.25) is 0 Å². The van der Waals surface area contributed by atoms with E-state index in [1.54, 1.807) is 7.11 Å². The van der Waals surface area contributed by atoms with Crippen LogP contribution in [0.1, 0.15) is 31.4 Å². The molecule has 29 heavy (non-hydrogen) atoms. The van der Waals surface area contributed by atoms with Crippen molar-refractivity contribution >= 4 is 5.97 Å². The van der Waals surface area contributed by atoms with Crippen LogP contribution in [0.25, 0.3) is 0 Å². The molecular weight excluding hydrogens is 366 g/mol. The SMILES string of the molecule is CCOC(=O)C1CCN(CC(c2ccccc2)N2CCN(CCOC)CC2)CC1. The van der Waals surface area contributed by atoms with E-state index < -0.39 is 0 Å². The largest absolute Gasteiger partial charge is 0.466 e. The van der Waals surface area contributed by atoms with Crippen molar-refractivity contribution in [1.82, 2.24) is 14.7 Å². The summed E-state index contributed by atoms with van der Waals surface area (Å²) in [4.78, 5) is 19.7. The van der Waals surface area contributed by atoms with Crippen LogP contribution in [0.3, 0.4) is 0 Å². The second kappa shape index (κ2) is 11.6. The Morgan fingerprint density at radius 3 is 2.34 bits per heavy atom. The summed E-state index contributed by atoms with van der Waals surface area (Å²) in [6.07, 6.45) is 1.82. The Morgan fingerprint density at radius 1 is 1.03 bits per heavy atom. The standard InChI is InChI=1S/C23H37N3O3/c1-3-29-23(27)21-9-11-25(12-10-21)19-22(20-7-5-4-6-8-20)26-15-13-24(14-16-26)17-18-28-2/h4-8,21-22H,3,9-19H2,1-2H3. The highest BCUT2D eigenvalue weighted by Crippen LogP contribution is 2.26. The molecule has 0 amide bonds. The first kappa shape index (κ1) is 22.2. The van der Waals surface area contributed by atoms with Gasteiger partial charge >= 0.3 is 5.97 Å². The number of nitrogens with zero attached hydrogens (tertiary/aromatic N) is 3. The van der Waals surface area contributed by atoms with Crippen LogP contribution in [-0.4, -0.2) is 93.4 Å². The molecule has 2 aliphatic rings. The van der Waals surface area contributed by atoms with E-state index in [9.17, 15) is 4.79 Å². The average molecular weight is 404 g/mol. The number of piperidine rings is 1. The van der Waals surface area contributed by atoms with Gasteiger partial charge in [0.25, 0.3) is 0 Å². The van der Waals surface area contributed by atoms with Crippen LogP contribution in [0.4, 0.5) is 0 Å². The number of benzene rings is 1. The van der Waals surface area contributed by atoms with E-state index in [-0.39, 0.29) is 11.9 Å². The van der Waals surface area contributed by atoms with E-state index in [0.717, 1.165) is 71.8 Å².